The zero-order valence-electron chi connectivity index (χ0n) is 12.8. The summed E-state index contributed by atoms with van der Waals surface area (Å²) in [6.45, 7) is 1.93. The molecule has 7 heteroatoms. The van der Waals surface area contributed by atoms with Crippen molar-refractivity contribution in [2.75, 3.05) is 35.6 Å². The van der Waals surface area contributed by atoms with Crippen LogP contribution >= 0.6 is 11.8 Å². The first kappa shape index (κ1) is 15.9. The van der Waals surface area contributed by atoms with E-state index in [0.29, 0.717) is 25.1 Å². The Morgan fingerprint density at radius 3 is 2.57 bits per heavy atom. The summed E-state index contributed by atoms with van der Waals surface area (Å²) in [4.78, 5) is 38.6. The van der Waals surface area contributed by atoms with E-state index < -0.39 is 0 Å². The standard InChI is InChI=1S/C16H19N3O3S/c20-14(7-9-18-10-11-23-16(18)22)17-12-3-5-13(6-4-12)19-8-1-2-15(19)21/h3-6H,1-2,7-11H2,(H,17,20). The van der Waals surface area contributed by atoms with Gasteiger partial charge in [-0.3, -0.25) is 14.4 Å². The van der Waals surface area contributed by atoms with E-state index in [2.05, 4.69) is 5.32 Å². The number of nitrogens with zero attached hydrogens (tertiary/aromatic N) is 2. The fraction of sp³-hybridized carbons (Fsp3) is 0.438. The van der Waals surface area contributed by atoms with Crippen LogP contribution in [0.1, 0.15) is 19.3 Å². The van der Waals surface area contributed by atoms with Crippen LogP contribution in [-0.4, -0.2) is 47.3 Å². The van der Waals surface area contributed by atoms with Gasteiger partial charge in [0, 0.05) is 49.6 Å². The minimum absolute atomic E-state index is 0.0532. The van der Waals surface area contributed by atoms with Crippen molar-refractivity contribution in [3.8, 4) is 0 Å². The molecule has 1 N–H and O–H groups in total. The molecule has 122 valence electrons. The van der Waals surface area contributed by atoms with E-state index in [1.54, 1.807) is 21.9 Å². The third kappa shape index (κ3) is 3.85. The van der Waals surface area contributed by atoms with Crippen molar-refractivity contribution in [3.63, 3.8) is 0 Å². The van der Waals surface area contributed by atoms with Crippen molar-refractivity contribution in [3.05, 3.63) is 24.3 Å². The molecule has 2 aliphatic rings. The van der Waals surface area contributed by atoms with E-state index >= 15 is 0 Å². The number of anilines is 2. The second-order valence-electron chi connectivity index (χ2n) is 5.60. The molecule has 3 rings (SSSR count). The van der Waals surface area contributed by atoms with Gasteiger partial charge in [0.1, 0.15) is 0 Å². The highest BCUT2D eigenvalue weighted by molar-refractivity contribution is 8.13. The molecule has 3 amide bonds. The number of thioether (sulfide) groups is 1. The quantitative estimate of drug-likeness (QED) is 0.898. The first-order valence-electron chi connectivity index (χ1n) is 7.75. The van der Waals surface area contributed by atoms with Gasteiger partial charge in [0.25, 0.3) is 5.24 Å². The van der Waals surface area contributed by atoms with Gasteiger partial charge in [-0.25, -0.2) is 0 Å². The molecule has 2 fully saturated rings. The van der Waals surface area contributed by atoms with E-state index in [0.717, 1.165) is 31.0 Å². The highest BCUT2D eigenvalue weighted by atomic mass is 32.2. The highest BCUT2D eigenvalue weighted by Crippen LogP contribution is 2.23. The van der Waals surface area contributed by atoms with Crippen molar-refractivity contribution in [2.45, 2.75) is 19.3 Å². The lowest BCUT2D eigenvalue weighted by Crippen LogP contribution is -2.27. The Morgan fingerprint density at radius 2 is 1.96 bits per heavy atom. The van der Waals surface area contributed by atoms with Gasteiger partial charge in [0.2, 0.25) is 11.8 Å². The lowest BCUT2D eigenvalue weighted by molar-refractivity contribution is -0.117. The number of carbonyl (C=O) groups excluding carboxylic acids is 3. The topological polar surface area (TPSA) is 69.7 Å². The molecule has 1 aromatic carbocycles. The lowest BCUT2D eigenvalue weighted by atomic mass is 10.2. The van der Waals surface area contributed by atoms with Crippen LogP contribution in [0, 0.1) is 0 Å². The Balaban J connectivity index is 1.50. The maximum atomic E-state index is 11.9. The molecule has 0 aliphatic carbocycles. The molecule has 6 nitrogen and oxygen atoms in total. The third-order valence-electron chi connectivity index (χ3n) is 3.99. The second kappa shape index (κ2) is 7.04. The number of hydrogen-bond acceptors (Lipinski definition) is 4. The molecule has 2 aliphatic heterocycles. The smallest absolute Gasteiger partial charge is 0.281 e. The number of amides is 3. The highest BCUT2D eigenvalue weighted by Gasteiger charge is 2.22. The Morgan fingerprint density at radius 1 is 1.17 bits per heavy atom. The predicted octanol–water partition coefficient (Wildman–Crippen LogP) is 2.31. The van der Waals surface area contributed by atoms with Gasteiger partial charge < -0.3 is 15.1 Å². The van der Waals surface area contributed by atoms with Gasteiger partial charge in [-0.05, 0) is 30.7 Å². The molecule has 2 heterocycles. The molecule has 0 atom stereocenters. The average molecular weight is 333 g/mol. The first-order valence-corrected chi connectivity index (χ1v) is 8.74. The zero-order valence-corrected chi connectivity index (χ0v) is 13.6. The van der Waals surface area contributed by atoms with E-state index in [9.17, 15) is 14.4 Å². The molecule has 2 saturated heterocycles. The van der Waals surface area contributed by atoms with Crippen molar-refractivity contribution < 1.29 is 14.4 Å². The minimum atomic E-state index is -0.111. The van der Waals surface area contributed by atoms with Gasteiger partial charge in [0.05, 0.1) is 0 Å². The van der Waals surface area contributed by atoms with E-state index in [1.807, 2.05) is 12.1 Å². The van der Waals surface area contributed by atoms with Crippen LogP contribution in [0.15, 0.2) is 24.3 Å². The molecular weight excluding hydrogens is 314 g/mol. The van der Waals surface area contributed by atoms with Gasteiger partial charge >= 0.3 is 0 Å². The molecule has 0 saturated carbocycles. The average Bonchev–Trinajstić information content (AvgIpc) is 3.14. The van der Waals surface area contributed by atoms with Crippen LogP contribution in [0.2, 0.25) is 0 Å². The maximum absolute atomic E-state index is 11.9. The summed E-state index contributed by atoms with van der Waals surface area (Å²) in [5.74, 6) is 0.839. The van der Waals surface area contributed by atoms with Gasteiger partial charge in [0.15, 0.2) is 0 Å². The molecule has 1 aromatic rings. The van der Waals surface area contributed by atoms with Crippen LogP contribution in [0.5, 0.6) is 0 Å². The fourth-order valence-corrected chi connectivity index (χ4v) is 3.59. The summed E-state index contributed by atoms with van der Waals surface area (Å²) in [6.07, 6.45) is 1.79. The lowest BCUT2D eigenvalue weighted by Gasteiger charge is -2.16. The Kier molecular flexibility index (Phi) is 4.85. The van der Waals surface area contributed by atoms with E-state index in [1.165, 1.54) is 11.8 Å². The van der Waals surface area contributed by atoms with Crippen LogP contribution in [0.4, 0.5) is 16.2 Å². The summed E-state index contributed by atoms with van der Waals surface area (Å²) in [5.41, 5.74) is 1.57. The Hall–Kier alpha value is -2.02. The van der Waals surface area contributed by atoms with Gasteiger partial charge in [-0.1, -0.05) is 11.8 Å². The predicted molar refractivity (Wildman–Crippen MR) is 90.7 cm³/mol. The molecule has 0 bridgehead atoms. The zero-order chi connectivity index (χ0) is 16.2. The fourth-order valence-electron chi connectivity index (χ4n) is 2.73. The van der Waals surface area contributed by atoms with E-state index in [4.69, 9.17) is 0 Å². The maximum Gasteiger partial charge on any atom is 0.281 e. The largest absolute Gasteiger partial charge is 0.332 e. The van der Waals surface area contributed by atoms with Crippen LogP contribution < -0.4 is 10.2 Å². The van der Waals surface area contributed by atoms with Crippen LogP contribution in [0.3, 0.4) is 0 Å². The van der Waals surface area contributed by atoms with Crippen LogP contribution in [0.25, 0.3) is 0 Å². The third-order valence-corrected chi connectivity index (χ3v) is 4.88. The summed E-state index contributed by atoms with van der Waals surface area (Å²) in [6, 6.07) is 7.30. The molecule has 0 spiro atoms. The summed E-state index contributed by atoms with van der Waals surface area (Å²) >= 11 is 1.30. The Labute approximate surface area is 139 Å². The van der Waals surface area contributed by atoms with Gasteiger partial charge in [-0.2, -0.15) is 0 Å². The normalized spacial score (nSPS) is 17.9. The number of hydrogen-bond donors (Lipinski definition) is 1. The van der Waals surface area contributed by atoms with E-state index in [-0.39, 0.29) is 17.1 Å². The summed E-state index contributed by atoms with van der Waals surface area (Å²) in [5, 5.41) is 2.88. The molecule has 0 unspecified atom stereocenters. The Bertz CT molecular complexity index is 618. The summed E-state index contributed by atoms with van der Waals surface area (Å²) in [7, 11) is 0. The molecule has 0 radical (unpaired) electrons. The SMILES string of the molecule is O=C(CCN1CCSC1=O)Nc1ccc(N2CCCC2=O)cc1. The number of benzene rings is 1. The van der Waals surface area contributed by atoms with Crippen molar-refractivity contribution >= 4 is 40.2 Å². The molecule has 0 aromatic heterocycles. The summed E-state index contributed by atoms with van der Waals surface area (Å²) < 4.78 is 0. The monoisotopic (exact) mass is 333 g/mol. The van der Waals surface area contributed by atoms with Crippen molar-refractivity contribution in [1.82, 2.24) is 4.90 Å². The van der Waals surface area contributed by atoms with Crippen molar-refractivity contribution in [1.29, 1.82) is 0 Å². The number of rotatable bonds is 5. The first-order chi connectivity index (χ1) is 11.1. The molecule has 23 heavy (non-hydrogen) atoms. The second-order valence-corrected chi connectivity index (χ2v) is 6.64. The van der Waals surface area contributed by atoms with Crippen molar-refractivity contribution in [2.24, 2.45) is 0 Å². The number of carbonyl (C=O) groups is 3. The molecular formula is C16H19N3O3S. The minimum Gasteiger partial charge on any atom is -0.332 e. The van der Waals surface area contributed by atoms with Gasteiger partial charge in [-0.15, -0.1) is 0 Å². The van der Waals surface area contributed by atoms with Crippen LogP contribution in [-0.2, 0) is 9.59 Å². The number of nitrogens with one attached hydrogen (secondary N) is 1.